The minimum absolute atomic E-state index is 0.115. The number of sulfonamides is 1. The van der Waals surface area contributed by atoms with Crippen LogP contribution in [0.1, 0.15) is 6.92 Å². The second kappa shape index (κ2) is 10.4. The molecule has 32 heavy (non-hydrogen) atoms. The Hall–Kier alpha value is -3.23. The largest absolute Gasteiger partial charge is 0.490 e. The predicted octanol–water partition coefficient (Wildman–Crippen LogP) is 4.55. The van der Waals surface area contributed by atoms with Crippen molar-refractivity contribution < 1.29 is 27.4 Å². The van der Waals surface area contributed by atoms with Crippen molar-refractivity contribution >= 4 is 33.3 Å². The van der Waals surface area contributed by atoms with Gasteiger partial charge in [-0.05, 0) is 67.6 Å². The lowest BCUT2D eigenvalue weighted by atomic mass is 10.3. The van der Waals surface area contributed by atoms with E-state index in [0.717, 1.165) is 4.31 Å². The van der Waals surface area contributed by atoms with Crippen LogP contribution in [0.25, 0.3) is 0 Å². The third-order valence-corrected chi connectivity index (χ3v) is 6.45. The van der Waals surface area contributed by atoms with Gasteiger partial charge in [0.1, 0.15) is 5.75 Å². The smallest absolute Gasteiger partial charge is 0.349 e. The molecule has 0 amide bonds. The Labute approximate surface area is 192 Å². The lowest BCUT2D eigenvalue weighted by Gasteiger charge is -2.19. The molecule has 168 valence electrons. The average Bonchev–Trinajstić information content (AvgIpc) is 2.79. The van der Waals surface area contributed by atoms with Crippen LogP contribution in [0.4, 0.5) is 5.69 Å². The summed E-state index contributed by atoms with van der Waals surface area (Å²) in [4.78, 5) is 12.3. The predicted molar refractivity (Wildman–Crippen MR) is 122 cm³/mol. The molecule has 0 spiro atoms. The monoisotopic (exact) mass is 475 g/mol. The summed E-state index contributed by atoms with van der Waals surface area (Å²) in [7, 11) is -2.32. The quantitative estimate of drug-likeness (QED) is 0.333. The van der Waals surface area contributed by atoms with E-state index in [-0.39, 0.29) is 17.3 Å². The third kappa shape index (κ3) is 5.72. The molecular weight excluding hydrogens is 454 g/mol. The van der Waals surface area contributed by atoms with Gasteiger partial charge in [-0.15, -0.1) is 0 Å². The van der Waals surface area contributed by atoms with Crippen molar-refractivity contribution in [2.45, 2.75) is 11.8 Å². The van der Waals surface area contributed by atoms with Crippen molar-refractivity contribution in [3.63, 3.8) is 0 Å². The number of nitrogens with zero attached hydrogens (tertiary/aromatic N) is 1. The van der Waals surface area contributed by atoms with E-state index in [4.69, 9.17) is 25.8 Å². The van der Waals surface area contributed by atoms with Crippen LogP contribution in [-0.2, 0) is 14.8 Å². The molecule has 0 radical (unpaired) electrons. The Morgan fingerprint density at radius 3 is 2.09 bits per heavy atom. The number of para-hydroxylation sites is 2. The SMILES string of the molecule is CCOc1ccccc1OCC(=O)Oc1ccc(N(C)S(=O)(=O)c2ccc(Cl)cc2)cc1. The molecule has 7 nitrogen and oxygen atoms in total. The minimum atomic E-state index is -3.76. The second-order valence-corrected chi connectivity index (χ2v) is 8.97. The molecule has 0 atom stereocenters. The van der Waals surface area contributed by atoms with Gasteiger partial charge in [0.25, 0.3) is 10.0 Å². The Morgan fingerprint density at radius 1 is 0.906 bits per heavy atom. The fourth-order valence-electron chi connectivity index (χ4n) is 2.77. The summed E-state index contributed by atoms with van der Waals surface area (Å²) >= 11 is 5.83. The van der Waals surface area contributed by atoms with Crippen LogP contribution in [-0.4, -0.2) is 34.6 Å². The molecule has 3 rings (SSSR count). The van der Waals surface area contributed by atoms with Gasteiger partial charge >= 0.3 is 5.97 Å². The fourth-order valence-corrected chi connectivity index (χ4v) is 4.09. The number of carbonyl (C=O) groups is 1. The van der Waals surface area contributed by atoms with Crippen molar-refractivity contribution in [1.82, 2.24) is 0 Å². The van der Waals surface area contributed by atoms with E-state index in [1.165, 1.54) is 43.4 Å². The van der Waals surface area contributed by atoms with Crippen LogP contribution >= 0.6 is 11.6 Å². The molecule has 0 aliphatic rings. The molecule has 0 aliphatic carbocycles. The van der Waals surface area contributed by atoms with Crippen molar-refractivity contribution in [3.8, 4) is 17.2 Å². The highest BCUT2D eigenvalue weighted by atomic mass is 35.5. The van der Waals surface area contributed by atoms with Gasteiger partial charge in [-0.25, -0.2) is 13.2 Å². The molecule has 0 saturated heterocycles. The fraction of sp³-hybridized carbons (Fsp3) is 0.174. The average molecular weight is 476 g/mol. The zero-order valence-electron chi connectivity index (χ0n) is 17.5. The Balaban J connectivity index is 1.62. The highest BCUT2D eigenvalue weighted by Gasteiger charge is 2.21. The number of hydrogen-bond donors (Lipinski definition) is 0. The van der Waals surface area contributed by atoms with E-state index in [2.05, 4.69) is 0 Å². The maximum atomic E-state index is 12.8. The summed E-state index contributed by atoms with van der Waals surface area (Å²) in [6.07, 6.45) is 0. The molecule has 3 aromatic rings. The van der Waals surface area contributed by atoms with E-state index >= 15 is 0 Å². The molecule has 0 aliphatic heterocycles. The number of rotatable bonds is 9. The molecule has 0 bridgehead atoms. The molecular formula is C23H22ClNO6S. The van der Waals surface area contributed by atoms with E-state index in [9.17, 15) is 13.2 Å². The molecule has 0 fully saturated rings. The van der Waals surface area contributed by atoms with Gasteiger partial charge in [-0.3, -0.25) is 4.31 Å². The molecule has 3 aromatic carbocycles. The Kier molecular flexibility index (Phi) is 7.61. The van der Waals surface area contributed by atoms with Crippen molar-refractivity contribution in [3.05, 3.63) is 77.8 Å². The van der Waals surface area contributed by atoms with Gasteiger partial charge in [-0.2, -0.15) is 0 Å². The van der Waals surface area contributed by atoms with Crippen LogP contribution in [0.2, 0.25) is 5.02 Å². The second-order valence-electron chi connectivity index (χ2n) is 6.56. The van der Waals surface area contributed by atoms with Gasteiger partial charge in [-0.1, -0.05) is 23.7 Å². The molecule has 0 N–H and O–H groups in total. The number of ether oxygens (including phenoxy) is 3. The Bertz CT molecular complexity index is 1160. The number of halogens is 1. The summed E-state index contributed by atoms with van der Waals surface area (Å²) in [5, 5.41) is 0.447. The van der Waals surface area contributed by atoms with Gasteiger partial charge in [0.15, 0.2) is 18.1 Å². The topological polar surface area (TPSA) is 82.1 Å². The summed E-state index contributed by atoms with van der Waals surface area (Å²) in [6, 6.07) is 19.0. The van der Waals surface area contributed by atoms with Gasteiger partial charge in [0.05, 0.1) is 17.2 Å². The van der Waals surface area contributed by atoms with Crippen LogP contribution < -0.4 is 18.5 Å². The minimum Gasteiger partial charge on any atom is -0.490 e. The van der Waals surface area contributed by atoms with Crippen LogP contribution in [0.5, 0.6) is 17.2 Å². The summed E-state index contributed by atoms with van der Waals surface area (Å²) in [5.41, 5.74) is 0.404. The van der Waals surface area contributed by atoms with Crippen molar-refractivity contribution in [2.75, 3.05) is 24.6 Å². The molecule has 9 heteroatoms. The van der Waals surface area contributed by atoms with Gasteiger partial charge in [0, 0.05) is 12.1 Å². The number of hydrogen-bond acceptors (Lipinski definition) is 6. The van der Waals surface area contributed by atoms with E-state index in [0.29, 0.717) is 28.8 Å². The van der Waals surface area contributed by atoms with Crippen LogP contribution in [0, 0.1) is 0 Å². The molecule has 0 saturated carbocycles. The lowest BCUT2D eigenvalue weighted by molar-refractivity contribution is -0.136. The zero-order valence-corrected chi connectivity index (χ0v) is 19.1. The van der Waals surface area contributed by atoms with Gasteiger partial charge < -0.3 is 14.2 Å². The molecule has 0 aromatic heterocycles. The standard InChI is InChI=1S/C23H22ClNO6S/c1-3-29-21-6-4-5-7-22(21)30-16-23(26)31-19-12-10-18(11-13-19)25(2)32(27,28)20-14-8-17(24)9-15-20/h4-15H,3,16H2,1-2H3. The first kappa shape index (κ1) is 23.4. The maximum Gasteiger partial charge on any atom is 0.349 e. The first-order valence-corrected chi connectivity index (χ1v) is 11.5. The van der Waals surface area contributed by atoms with Crippen molar-refractivity contribution in [1.29, 1.82) is 0 Å². The first-order chi connectivity index (χ1) is 15.3. The number of anilines is 1. The summed E-state index contributed by atoms with van der Waals surface area (Å²) < 4.78 is 42.9. The zero-order chi connectivity index (χ0) is 23.1. The molecule has 0 heterocycles. The third-order valence-electron chi connectivity index (χ3n) is 4.40. The van der Waals surface area contributed by atoms with Crippen LogP contribution in [0.15, 0.2) is 77.7 Å². The highest BCUT2D eigenvalue weighted by Crippen LogP contribution is 2.27. The number of benzene rings is 3. The number of carbonyl (C=O) groups excluding carboxylic acids is 1. The van der Waals surface area contributed by atoms with Gasteiger partial charge in [0.2, 0.25) is 0 Å². The van der Waals surface area contributed by atoms with E-state index < -0.39 is 16.0 Å². The summed E-state index contributed by atoms with van der Waals surface area (Å²) in [5.74, 6) is 0.636. The van der Waals surface area contributed by atoms with E-state index in [1.54, 1.807) is 30.3 Å². The Morgan fingerprint density at radius 2 is 1.50 bits per heavy atom. The van der Waals surface area contributed by atoms with Crippen LogP contribution in [0.3, 0.4) is 0 Å². The maximum absolute atomic E-state index is 12.8. The number of esters is 1. The van der Waals surface area contributed by atoms with Crippen molar-refractivity contribution in [2.24, 2.45) is 0 Å². The summed E-state index contributed by atoms with van der Waals surface area (Å²) in [6.45, 7) is 2.02. The normalized spacial score (nSPS) is 11.0. The van der Waals surface area contributed by atoms with E-state index in [1.807, 2.05) is 13.0 Å². The highest BCUT2D eigenvalue weighted by molar-refractivity contribution is 7.92. The lowest BCUT2D eigenvalue weighted by Crippen LogP contribution is -2.26. The molecule has 0 unspecified atom stereocenters. The first-order valence-electron chi connectivity index (χ1n) is 9.71.